The number of nitrogens with one attached hydrogen (secondary N) is 1. The van der Waals surface area contributed by atoms with Gasteiger partial charge in [-0.15, -0.1) is 0 Å². The number of piperidine rings is 1. The molecule has 1 aromatic rings. The number of nitrogens with zero attached hydrogens (tertiary/aromatic N) is 1. The van der Waals surface area contributed by atoms with Gasteiger partial charge in [0.25, 0.3) is 0 Å². The van der Waals surface area contributed by atoms with Crippen LogP contribution in [0.5, 0.6) is 0 Å². The number of hydrogen-bond donors (Lipinski definition) is 2. The molecule has 1 fully saturated rings. The molecule has 0 aromatic heterocycles. The van der Waals surface area contributed by atoms with Gasteiger partial charge in [0, 0.05) is 30.9 Å². The fourth-order valence-electron chi connectivity index (χ4n) is 2.72. The highest BCUT2D eigenvalue weighted by molar-refractivity contribution is 5.51. The highest BCUT2D eigenvalue weighted by Gasteiger charge is 2.24. The number of benzene rings is 1. The van der Waals surface area contributed by atoms with Gasteiger partial charge in [-0.05, 0) is 63.3 Å². The maximum absolute atomic E-state index is 10.1. The molecule has 2 rings (SSSR count). The minimum Gasteiger partial charge on any atom is -0.391 e. The van der Waals surface area contributed by atoms with Crippen molar-refractivity contribution >= 4 is 5.69 Å². The molecule has 2 unspecified atom stereocenters. The number of aliphatic hydroxyl groups is 1. The van der Waals surface area contributed by atoms with Gasteiger partial charge in [0.1, 0.15) is 0 Å². The Morgan fingerprint density at radius 2 is 2.05 bits per heavy atom. The zero-order valence-corrected chi connectivity index (χ0v) is 14.1. The second-order valence-corrected chi connectivity index (χ2v) is 7.49. The normalized spacial score (nSPS) is 23.4. The van der Waals surface area contributed by atoms with E-state index < -0.39 is 0 Å². The Bertz CT molecular complexity index is 479. The average Bonchev–Trinajstić information content (AvgIpc) is 2.39. The van der Waals surface area contributed by atoms with Gasteiger partial charge in [-0.1, -0.05) is 13.0 Å². The van der Waals surface area contributed by atoms with Gasteiger partial charge in [0.2, 0.25) is 0 Å². The van der Waals surface area contributed by atoms with Crippen LogP contribution in [0.2, 0.25) is 0 Å². The van der Waals surface area contributed by atoms with Crippen LogP contribution >= 0.6 is 0 Å². The monoisotopic (exact) mass is 290 g/mol. The molecule has 21 heavy (non-hydrogen) atoms. The van der Waals surface area contributed by atoms with Crippen LogP contribution in [0.15, 0.2) is 18.2 Å². The largest absolute Gasteiger partial charge is 0.391 e. The van der Waals surface area contributed by atoms with Crippen molar-refractivity contribution in [2.24, 2.45) is 5.92 Å². The Hall–Kier alpha value is -1.06. The Morgan fingerprint density at radius 1 is 1.33 bits per heavy atom. The summed E-state index contributed by atoms with van der Waals surface area (Å²) >= 11 is 0. The lowest BCUT2D eigenvalue weighted by atomic mass is 9.95. The van der Waals surface area contributed by atoms with Gasteiger partial charge in [-0.3, -0.25) is 0 Å². The van der Waals surface area contributed by atoms with Crippen molar-refractivity contribution in [3.05, 3.63) is 29.3 Å². The molecule has 0 radical (unpaired) electrons. The molecule has 0 spiro atoms. The van der Waals surface area contributed by atoms with Crippen LogP contribution in [0.4, 0.5) is 5.69 Å². The highest BCUT2D eigenvalue weighted by atomic mass is 16.3. The Labute approximate surface area is 129 Å². The molecule has 3 nitrogen and oxygen atoms in total. The van der Waals surface area contributed by atoms with Crippen LogP contribution in [0.25, 0.3) is 0 Å². The van der Waals surface area contributed by atoms with Gasteiger partial charge in [-0.25, -0.2) is 0 Å². The van der Waals surface area contributed by atoms with Crippen LogP contribution in [0.1, 0.15) is 45.2 Å². The van der Waals surface area contributed by atoms with E-state index in [1.807, 2.05) is 0 Å². The molecule has 2 atom stereocenters. The molecule has 0 saturated carbocycles. The summed E-state index contributed by atoms with van der Waals surface area (Å²) in [5.41, 5.74) is 4.04. The first-order chi connectivity index (χ1) is 9.76. The molecular formula is C18H30N2O. The van der Waals surface area contributed by atoms with E-state index in [0.29, 0.717) is 5.92 Å². The summed E-state index contributed by atoms with van der Waals surface area (Å²) in [5.74, 6) is 0.414. The lowest BCUT2D eigenvalue weighted by Gasteiger charge is -2.36. The van der Waals surface area contributed by atoms with Crippen molar-refractivity contribution in [1.29, 1.82) is 0 Å². The summed E-state index contributed by atoms with van der Waals surface area (Å²) in [6.45, 7) is 13.6. The minimum atomic E-state index is -0.207. The smallest absolute Gasteiger partial charge is 0.0741 e. The molecule has 118 valence electrons. The van der Waals surface area contributed by atoms with E-state index in [-0.39, 0.29) is 11.6 Å². The van der Waals surface area contributed by atoms with Gasteiger partial charge in [0.15, 0.2) is 0 Å². The summed E-state index contributed by atoms with van der Waals surface area (Å²) in [5, 5.41) is 13.6. The van der Waals surface area contributed by atoms with E-state index in [9.17, 15) is 5.11 Å². The number of anilines is 1. The zero-order valence-electron chi connectivity index (χ0n) is 14.1. The predicted molar refractivity (Wildman–Crippen MR) is 89.8 cm³/mol. The van der Waals surface area contributed by atoms with Gasteiger partial charge in [0.05, 0.1) is 6.10 Å². The molecule has 0 bridgehead atoms. The zero-order chi connectivity index (χ0) is 15.6. The molecule has 1 aromatic carbocycles. The third-order valence-corrected chi connectivity index (χ3v) is 4.42. The van der Waals surface area contributed by atoms with Crippen LogP contribution in [0, 0.1) is 12.8 Å². The van der Waals surface area contributed by atoms with Crippen LogP contribution < -0.4 is 10.2 Å². The van der Waals surface area contributed by atoms with Crippen molar-refractivity contribution in [1.82, 2.24) is 5.32 Å². The summed E-state index contributed by atoms with van der Waals surface area (Å²) in [7, 11) is 0. The second kappa shape index (κ2) is 6.37. The molecule has 2 N–H and O–H groups in total. The quantitative estimate of drug-likeness (QED) is 0.898. The summed E-state index contributed by atoms with van der Waals surface area (Å²) in [6, 6.07) is 6.66. The number of aryl methyl sites for hydroxylation is 1. The molecule has 1 aliphatic heterocycles. The third kappa shape index (κ3) is 4.45. The summed E-state index contributed by atoms with van der Waals surface area (Å²) in [6.07, 6.45) is 0.856. The van der Waals surface area contributed by atoms with Crippen LogP contribution in [0.3, 0.4) is 0 Å². The van der Waals surface area contributed by atoms with Crippen molar-refractivity contribution in [3.8, 4) is 0 Å². The van der Waals surface area contributed by atoms with E-state index in [4.69, 9.17) is 0 Å². The molecule has 3 heteroatoms. The van der Waals surface area contributed by atoms with Crippen molar-refractivity contribution in [2.45, 2.75) is 59.2 Å². The number of hydrogen-bond acceptors (Lipinski definition) is 3. The molecule has 0 amide bonds. The average molecular weight is 290 g/mol. The highest BCUT2D eigenvalue weighted by Crippen LogP contribution is 2.25. The van der Waals surface area contributed by atoms with E-state index in [1.54, 1.807) is 0 Å². The summed E-state index contributed by atoms with van der Waals surface area (Å²) < 4.78 is 0. The maximum Gasteiger partial charge on any atom is 0.0741 e. The fourth-order valence-corrected chi connectivity index (χ4v) is 2.72. The Balaban J connectivity index is 2.05. The van der Waals surface area contributed by atoms with E-state index >= 15 is 0 Å². The second-order valence-electron chi connectivity index (χ2n) is 7.49. The van der Waals surface area contributed by atoms with Gasteiger partial charge in [-0.2, -0.15) is 0 Å². The Kier molecular flexibility index (Phi) is 4.95. The Morgan fingerprint density at radius 3 is 2.62 bits per heavy atom. The first-order valence-corrected chi connectivity index (χ1v) is 8.04. The number of rotatable bonds is 3. The molecule has 1 heterocycles. The number of β-amino-alcohol motifs (C(OH)–C–C–N with tert-alkyl or cyclic N) is 1. The lowest BCUT2D eigenvalue weighted by Crippen LogP contribution is -2.43. The van der Waals surface area contributed by atoms with E-state index in [2.05, 4.69) is 63.0 Å². The molecule has 1 aliphatic rings. The topological polar surface area (TPSA) is 35.5 Å². The van der Waals surface area contributed by atoms with Crippen LogP contribution in [-0.4, -0.2) is 29.8 Å². The van der Waals surface area contributed by atoms with Gasteiger partial charge < -0.3 is 15.3 Å². The first-order valence-electron chi connectivity index (χ1n) is 8.04. The SMILES string of the molecule is Cc1cc(N2CCC(C)C(O)C2)ccc1CNC(C)(C)C. The molecular weight excluding hydrogens is 260 g/mol. The van der Waals surface area contributed by atoms with E-state index in [0.717, 1.165) is 26.1 Å². The van der Waals surface area contributed by atoms with Gasteiger partial charge >= 0.3 is 0 Å². The van der Waals surface area contributed by atoms with E-state index in [1.165, 1.54) is 16.8 Å². The maximum atomic E-state index is 10.1. The molecule has 1 saturated heterocycles. The van der Waals surface area contributed by atoms with Crippen molar-refractivity contribution in [3.63, 3.8) is 0 Å². The lowest BCUT2D eigenvalue weighted by molar-refractivity contribution is 0.103. The standard InChI is InChI=1S/C18H30N2O/c1-13-8-9-20(12-17(13)21)16-7-6-15(14(2)10-16)11-19-18(3,4)5/h6-7,10,13,17,19,21H,8-9,11-12H2,1-5H3. The predicted octanol–water partition coefficient (Wildman–Crippen LogP) is 3.09. The molecule has 0 aliphatic carbocycles. The van der Waals surface area contributed by atoms with Crippen LogP contribution in [-0.2, 0) is 6.54 Å². The third-order valence-electron chi connectivity index (χ3n) is 4.42. The van der Waals surface area contributed by atoms with Crippen molar-refractivity contribution in [2.75, 3.05) is 18.0 Å². The fraction of sp³-hybridized carbons (Fsp3) is 0.667. The number of aliphatic hydroxyl groups excluding tert-OH is 1. The summed E-state index contributed by atoms with van der Waals surface area (Å²) in [4.78, 5) is 2.30. The minimum absolute atomic E-state index is 0.137. The first kappa shape index (κ1) is 16.3. The van der Waals surface area contributed by atoms with Crippen molar-refractivity contribution < 1.29 is 5.11 Å².